The normalized spacial score (nSPS) is 20.5. The van der Waals surface area contributed by atoms with Crippen LogP contribution in [0.2, 0.25) is 0 Å². The summed E-state index contributed by atoms with van der Waals surface area (Å²) in [6, 6.07) is 0. The first-order chi connectivity index (χ1) is 13.3. The third-order valence-electron chi connectivity index (χ3n) is 4.89. The molecule has 162 valence electrons. The minimum Gasteiger partial charge on any atom is -0.480 e. The lowest BCUT2D eigenvalue weighted by Crippen LogP contribution is -2.44. The number of nitrogens with zero attached hydrogens (tertiary/aromatic N) is 4. The van der Waals surface area contributed by atoms with Crippen LogP contribution < -0.4 is 0 Å². The molecule has 0 amide bonds. The molecule has 1 saturated heterocycles. The molecule has 28 heavy (non-hydrogen) atoms. The van der Waals surface area contributed by atoms with Gasteiger partial charge in [-0.2, -0.15) is 0 Å². The van der Waals surface area contributed by atoms with E-state index in [1.165, 1.54) is 0 Å². The van der Waals surface area contributed by atoms with Gasteiger partial charge in [-0.15, -0.1) is 0 Å². The van der Waals surface area contributed by atoms with Crippen molar-refractivity contribution in [3.63, 3.8) is 0 Å². The number of rotatable bonds is 7. The predicted octanol–water partition coefficient (Wildman–Crippen LogP) is -0.738. The lowest BCUT2D eigenvalue weighted by Gasteiger charge is -2.30. The van der Waals surface area contributed by atoms with E-state index in [-0.39, 0.29) is 19.6 Å². The summed E-state index contributed by atoms with van der Waals surface area (Å²) >= 11 is 0. The van der Waals surface area contributed by atoms with E-state index in [2.05, 4.69) is 11.8 Å². The largest absolute Gasteiger partial charge is 0.480 e. The highest BCUT2D eigenvalue weighted by molar-refractivity contribution is 5.69. The van der Waals surface area contributed by atoms with E-state index in [0.29, 0.717) is 45.7 Å². The van der Waals surface area contributed by atoms with E-state index >= 15 is 0 Å². The van der Waals surface area contributed by atoms with Crippen molar-refractivity contribution in [2.45, 2.75) is 19.8 Å². The number of hydrogen-bond donors (Lipinski definition) is 3. The van der Waals surface area contributed by atoms with E-state index in [4.69, 9.17) is 15.3 Å². The average Bonchev–Trinajstić information content (AvgIpc) is 2.59. The molecular formula is C18H34N4O6. The van der Waals surface area contributed by atoms with Gasteiger partial charge in [0.15, 0.2) is 0 Å². The van der Waals surface area contributed by atoms with Crippen LogP contribution in [0, 0.1) is 0 Å². The highest BCUT2D eigenvalue weighted by atomic mass is 16.4. The zero-order valence-corrected chi connectivity index (χ0v) is 16.8. The molecule has 0 radical (unpaired) electrons. The Hall–Kier alpha value is -1.75. The monoisotopic (exact) mass is 402 g/mol. The summed E-state index contributed by atoms with van der Waals surface area (Å²) in [5, 5.41) is 27.4. The maximum absolute atomic E-state index is 11.1. The Labute approximate surface area is 166 Å². The van der Waals surface area contributed by atoms with Crippen molar-refractivity contribution >= 4 is 17.9 Å². The predicted molar refractivity (Wildman–Crippen MR) is 104 cm³/mol. The van der Waals surface area contributed by atoms with Crippen LogP contribution in [0.3, 0.4) is 0 Å². The molecule has 0 atom stereocenters. The van der Waals surface area contributed by atoms with Crippen LogP contribution in [0.15, 0.2) is 0 Å². The molecule has 0 saturated carbocycles. The summed E-state index contributed by atoms with van der Waals surface area (Å²) < 4.78 is 0. The van der Waals surface area contributed by atoms with Gasteiger partial charge in [-0.1, -0.05) is 6.92 Å². The first-order valence-corrected chi connectivity index (χ1v) is 9.85. The van der Waals surface area contributed by atoms with Gasteiger partial charge >= 0.3 is 17.9 Å². The molecule has 3 N–H and O–H groups in total. The van der Waals surface area contributed by atoms with E-state index in [1.54, 1.807) is 4.90 Å². The molecule has 1 rings (SSSR count). The van der Waals surface area contributed by atoms with Gasteiger partial charge in [0, 0.05) is 45.8 Å². The molecule has 1 heterocycles. The lowest BCUT2D eigenvalue weighted by atomic mass is 10.2. The van der Waals surface area contributed by atoms with Gasteiger partial charge in [-0.25, -0.2) is 0 Å². The van der Waals surface area contributed by atoms with Gasteiger partial charge in [0.25, 0.3) is 0 Å². The summed E-state index contributed by atoms with van der Waals surface area (Å²) in [7, 11) is 0. The Balaban J connectivity index is 2.79. The number of hydrogen-bond acceptors (Lipinski definition) is 7. The number of aliphatic carboxylic acids is 3. The summed E-state index contributed by atoms with van der Waals surface area (Å²) in [5.41, 5.74) is 0. The number of likely N-dealkylation sites (N-methyl/N-ethyl adjacent to an activating group) is 1. The van der Waals surface area contributed by atoms with Crippen LogP contribution in [-0.2, 0) is 14.4 Å². The number of carboxylic acid groups (broad SMARTS) is 3. The molecule has 0 aromatic heterocycles. The summed E-state index contributed by atoms with van der Waals surface area (Å²) in [6.07, 6.45) is 1.46. The van der Waals surface area contributed by atoms with Crippen LogP contribution in [0.1, 0.15) is 19.8 Å². The molecule has 0 aromatic rings. The standard InChI is InChI=1S/C18H34N4O6/c1-2-19-5-3-6-21(14-17(25)26)11-12-22(15-18(27)28)8-4-7-20(10-9-19)13-16(23)24/h2-15H2,1H3,(H,23,24)(H,25,26)(H,27,28). The average molecular weight is 402 g/mol. The van der Waals surface area contributed by atoms with Crippen molar-refractivity contribution in [3.8, 4) is 0 Å². The zero-order valence-electron chi connectivity index (χ0n) is 16.8. The second kappa shape index (κ2) is 13.4. The Bertz CT molecular complexity index is 504. The van der Waals surface area contributed by atoms with Crippen molar-refractivity contribution in [1.29, 1.82) is 0 Å². The summed E-state index contributed by atoms with van der Waals surface area (Å²) in [4.78, 5) is 41.2. The Morgan fingerprint density at radius 1 is 0.571 bits per heavy atom. The fourth-order valence-electron chi connectivity index (χ4n) is 3.41. The molecule has 0 aliphatic carbocycles. The Morgan fingerprint density at radius 3 is 1.14 bits per heavy atom. The maximum atomic E-state index is 11.1. The maximum Gasteiger partial charge on any atom is 0.317 e. The highest BCUT2D eigenvalue weighted by Crippen LogP contribution is 2.03. The Morgan fingerprint density at radius 2 is 0.857 bits per heavy atom. The lowest BCUT2D eigenvalue weighted by molar-refractivity contribution is -0.140. The second-order valence-electron chi connectivity index (χ2n) is 7.15. The second-order valence-corrected chi connectivity index (χ2v) is 7.15. The van der Waals surface area contributed by atoms with Crippen molar-refractivity contribution in [2.24, 2.45) is 0 Å². The molecule has 0 spiro atoms. The van der Waals surface area contributed by atoms with Gasteiger partial charge in [0.2, 0.25) is 0 Å². The molecule has 1 aliphatic heterocycles. The first kappa shape index (κ1) is 24.3. The fraction of sp³-hybridized carbons (Fsp3) is 0.833. The molecule has 1 aliphatic rings. The van der Waals surface area contributed by atoms with E-state index < -0.39 is 17.9 Å². The van der Waals surface area contributed by atoms with E-state index in [0.717, 1.165) is 26.1 Å². The molecular weight excluding hydrogens is 368 g/mol. The SMILES string of the molecule is CCN1CCCN(CC(=O)O)CCN(CC(=O)O)CCCN(CC(=O)O)CC1. The third kappa shape index (κ3) is 11.2. The quantitative estimate of drug-likeness (QED) is 0.501. The summed E-state index contributed by atoms with van der Waals surface area (Å²) in [5.74, 6) is -2.68. The first-order valence-electron chi connectivity index (χ1n) is 9.85. The van der Waals surface area contributed by atoms with Crippen LogP contribution >= 0.6 is 0 Å². The van der Waals surface area contributed by atoms with Gasteiger partial charge in [0.1, 0.15) is 0 Å². The molecule has 1 fully saturated rings. The molecule has 0 bridgehead atoms. The van der Waals surface area contributed by atoms with Crippen molar-refractivity contribution < 1.29 is 29.7 Å². The van der Waals surface area contributed by atoms with Crippen molar-refractivity contribution in [1.82, 2.24) is 19.6 Å². The number of carboxylic acids is 3. The highest BCUT2D eigenvalue weighted by Gasteiger charge is 2.17. The van der Waals surface area contributed by atoms with Crippen molar-refractivity contribution in [3.05, 3.63) is 0 Å². The third-order valence-corrected chi connectivity index (χ3v) is 4.89. The van der Waals surface area contributed by atoms with Crippen LogP contribution in [0.25, 0.3) is 0 Å². The van der Waals surface area contributed by atoms with Gasteiger partial charge < -0.3 is 20.2 Å². The van der Waals surface area contributed by atoms with E-state index in [1.807, 2.05) is 9.80 Å². The molecule has 10 nitrogen and oxygen atoms in total. The van der Waals surface area contributed by atoms with Crippen LogP contribution in [0.4, 0.5) is 0 Å². The molecule has 0 aromatic carbocycles. The fourth-order valence-corrected chi connectivity index (χ4v) is 3.41. The van der Waals surface area contributed by atoms with E-state index in [9.17, 15) is 14.4 Å². The Kier molecular flexibility index (Phi) is 11.7. The topological polar surface area (TPSA) is 125 Å². The number of carbonyl (C=O) groups is 3. The van der Waals surface area contributed by atoms with Crippen LogP contribution in [-0.4, -0.2) is 131 Å². The van der Waals surface area contributed by atoms with Gasteiger partial charge in [-0.05, 0) is 25.9 Å². The minimum absolute atomic E-state index is 0.0249. The van der Waals surface area contributed by atoms with Crippen LogP contribution in [0.5, 0.6) is 0 Å². The van der Waals surface area contributed by atoms with Gasteiger partial charge in [0.05, 0.1) is 19.6 Å². The molecule has 0 unspecified atom stereocenters. The zero-order chi connectivity index (χ0) is 20.9. The van der Waals surface area contributed by atoms with Gasteiger partial charge in [-0.3, -0.25) is 29.1 Å². The van der Waals surface area contributed by atoms with Crippen molar-refractivity contribution in [2.75, 3.05) is 78.5 Å². The summed E-state index contributed by atoms with van der Waals surface area (Å²) in [6.45, 7) is 7.62. The molecule has 10 heteroatoms. The smallest absolute Gasteiger partial charge is 0.317 e. The minimum atomic E-state index is -0.924.